The fraction of sp³-hybridized carbons (Fsp3) is 0.250. The minimum Gasteiger partial charge on any atom is -0.383 e. The number of pyridine rings is 1. The lowest BCUT2D eigenvalue weighted by molar-refractivity contribution is -0.137. The normalized spacial score (nSPS) is 11.3. The Hall–Kier alpha value is -2.55. The molecule has 0 saturated heterocycles. The van der Waals surface area contributed by atoms with Crippen molar-refractivity contribution in [3.63, 3.8) is 0 Å². The molecule has 0 amide bonds. The molecule has 2 N–H and O–H groups in total. The number of nitriles is 1. The third kappa shape index (κ3) is 2.75. The van der Waals surface area contributed by atoms with Crippen molar-refractivity contribution in [2.45, 2.75) is 26.4 Å². The van der Waals surface area contributed by atoms with E-state index in [4.69, 9.17) is 5.73 Å². The first-order valence-corrected chi connectivity index (χ1v) is 6.66. The molecule has 3 nitrogen and oxygen atoms in total. The van der Waals surface area contributed by atoms with Crippen LogP contribution in [-0.2, 0) is 12.6 Å². The second kappa shape index (κ2) is 5.68. The average Bonchev–Trinajstić information content (AvgIpc) is 2.46. The summed E-state index contributed by atoms with van der Waals surface area (Å²) in [5.74, 6) is 0.0320. The van der Waals surface area contributed by atoms with E-state index < -0.39 is 11.7 Å². The maximum absolute atomic E-state index is 12.9. The number of hydrogen-bond donors (Lipinski definition) is 1. The number of nitrogen functional groups attached to an aromatic ring is 1. The zero-order valence-electron chi connectivity index (χ0n) is 12.1. The zero-order valence-corrected chi connectivity index (χ0v) is 12.1. The topological polar surface area (TPSA) is 62.7 Å². The van der Waals surface area contributed by atoms with Crippen LogP contribution in [0.5, 0.6) is 0 Å². The molecule has 1 heterocycles. The fourth-order valence-electron chi connectivity index (χ4n) is 2.48. The highest BCUT2D eigenvalue weighted by Crippen LogP contribution is 2.36. The van der Waals surface area contributed by atoms with E-state index in [1.807, 2.05) is 13.0 Å². The molecule has 2 rings (SSSR count). The third-order valence-electron chi connectivity index (χ3n) is 3.48. The number of nitrogens with two attached hydrogens (primary N) is 1. The quantitative estimate of drug-likeness (QED) is 0.909. The summed E-state index contributed by atoms with van der Waals surface area (Å²) in [5, 5.41) is 9.31. The van der Waals surface area contributed by atoms with Gasteiger partial charge in [-0.2, -0.15) is 18.4 Å². The van der Waals surface area contributed by atoms with Gasteiger partial charge in [0.25, 0.3) is 0 Å². The number of rotatable bonds is 2. The van der Waals surface area contributed by atoms with Gasteiger partial charge in [-0.05, 0) is 36.6 Å². The largest absolute Gasteiger partial charge is 0.416 e. The van der Waals surface area contributed by atoms with Gasteiger partial charge >= 0.3 is 6.18 Å². The Kier molecular flexibility index (Phi) is 4.09. The second-order valence-corrected chi connectivity index (χ2v) is 4.85. The zero-order chi connectivity index (χ0) is 16.5. The number of benzene rings is 1. The van der Waals surface area contributed by atoms with Crippen molar-refractivity contribution in [1.29, 1.82) is 5.26 Å². The number of nitrogens with zero attached hydrogens (tertiary/aromatic N) is 2. The standard InChI is InChI=1S/C16H14F3N3/c1-3-12-9(2)22-15(21)13(8-20)14(12)10-5-4-6-11(7-10)16(17,18)19/h4-7H,3H2,1-2H3,(H2,21,22). The van der Waals surface area contributed by atoms with Crippen LogP contribution in [0.2, 0.25) is 0 Å². The summed E-state index contributed by atoms with van der Waals surface area (Å²) < 4.78 is 38.7. The van der Waals surface area contributed by atoms with Crippen LogP contribution < -0.4 is 5.73 Å². The summed E-state index contributed by atoms with van der Waals surface area (Å²) in [6.45, 7) is 3.59. The molecule has 0 radical (unpaired) electrons. The van der Waals surface area contributed by atoms with Crippen LogP contribution in [0, 0.1) is 18.3 Å². The summed E-state index contributed by atoms with van der Waals surface area (Å²) in [6, 6.07) is 6.86. The minimum absolute atomic E-state index is 0.0320. The Morgan fingerprint density at radius 3 is 2.55 bits per heavy atom. The van der Waals surface area contributed by atoms with Gasteiger partial charge in [-0.15, -0.1) is 0 Å². The Balaban J connectivity index is 2.80. The van der Waals surface area contributed by atoms with Crippen LogP contribution in [0.3, 0.4) is 0 Å². The van der Waals surface area contributed by atoms with E-state index in [2.05, 4.69) is 4.98 Å². The van der Waals surface area contributed by atoms with Gasteiger partial charge in [0.05, 0.1) is 5.56 Å². The summed E-state index contributed by atoms with van der Waals surface area (Å²) in [6.07, 6.45) is -3.90. The monoisotopic (exact) mass is 305 g/mol. The molecule has 0 unspecified atom stereocenters. The van der Waals surface area contributed by atoms with Gasteiger partial charge in [-0.3, -0.25) is 0 Å². The van der Waals surface area contributed by atoms with Crippen molar-refractivity contribution in [1.82, 2.24) is 4.98 Å². The lowest BCUT2D eigenvalue weighted by Crippen LogP contribution is -2.07. The maximum Gasteiger partial charge on any atom is 0.416 e. The minimum atomic E-state index is -4.44. The lowest BCUT2D eigenvalue weighted by Gasteiger charge is -2.16. The Morgan fingerprint density at radius 2 is 2.00 bits per heavy atom. The van der Waals surface area contributed by atoms with Crippen LogP contribution in [0.25, 0.3) is 11.1 Å². The van der Waals surface area contributed by atoms with Gasteiger partial charge in [0.1, 0.15) is 17.5 Å². The van der Waals surface area contributed by atoms with E-state index >= 15 is 0 Å². The first-order chi connectivity index (χ1) is 10.3. The second-order valence-electron chi connectivity index (χ2n) is 4.85. The predicted octanol–water partition coefficient (Wildman–Crippen LogP) is 4.09. The molecule has 6 heteroatoms. The number of halogens is 3. The van der Waals surface area contributed by atoms with Crippen molar-refractivity contribution in [3.05, 3.63) is 46.6 Å². The summed E-state index contributed by atoms with van der Waals surface area (Å²) >= 11 is 0. The van der Waals surface area contributed by atoms with Crippen LogP contribution in [0.1, 0.15) is 29.3 Å². The third-order valence-corrected chi connectivity index (χ3v) is 3.48. The molecule has 0 fully saturated rings. The highest BCUT2D eigenvalue weighted by molar-refractivity contribution is 5.79. The molecule has 114 valence electrons. The van der Waals surface area contributed by atoms with Crippen LogP contribution in [0.15, 0.2) is 24.3 Å². The molecule has 2 aromatic rings. The number of anilines is 1. The molecule has 0 aliphatic rings. The number of aryl methyl sites for hydroxylation is 1. The smallest absolute Gasteiger partial charge is 0.383 e. The molecule has 0 aliphatic carbocycles. The molecular formula is C16H14F3N3. The molecule has 0 saturated carbocycles. The summed E-state index contributed by atoms with van der Waals surface area (Å²) in [5.41, 5.74) is 7.21. The molecule has 0 spiro atoms. The Morgan fingerprint density at radius 1 is 1.32 bits per heavy atom. The predicted molar refractivity (Wildman–Crippen MR) is 77.9 cm³/mol. The first kappa shape index (κ1) is 15.8. The number of alkyl halides is 3. The van der Waals surface area contributed by atoms with E-state index in [-0.39, 0.29) is 11.4 Å². The Labute approximate surface area is 126 Å². The number of aromatic nitrogens is 1. The van der Waals surface area contributed by atoms with Gasteiger partial charge in [-0.25, -0.2) is 4.98 Å². The Bertz CT molecular complexity index is 758. The van der Waals surface area contributed by atoms with Crippen molar-refractivity contribution in [2.75, 3.05) is 5.73 Å². The molecule has 1 aromatic heterocycles. The van der Waals surface area contributed by atoms with Crippen LogP contribution in [-0.4, -0.2) is 4.98 Å². The van der Waals surface area contributed by atoms with Gasteiger partial charge < -0.3 is 5.73 Å². The van der Waals surface area contributed by atoms with Crippen LogP contribution >= 0.6 is 0 Å². The van der Waals surface area contributed by atoms with Gasteiger partial charge in [0, 0.05) is 11.3 Å². The van der Waals surface area contributed by atoms with Crippen molar-refractivity contribution in [3.8, 4) is 17.2 Å². The molecule has 22 heavy (non-hydrogen) atoms. The van der Waals surface area contributed by atoms with E-state index in [0.29, 0.717) is 23.2 Å². The van der Waals surface area contributed by atoms with E-state index in [0.717, 1.165) is 17.7 Å². The van der Waals surface area contributed by atoms with Crippen molar-refractivity contribution >= 4 is 5.82 Å². The maximum atomic E-state index is 12.9. The van der Waals surface area contributed by atoms with Crippen molar-refractivity contribution in [2.24, 2.45) is 0 Å². The van der Waals surface area contributed by atoms with Gasteiger partial charge in [0.15, 0.2) is 0 Å². The van der Waals surface area contributed by atoms with Gasteiger partial charge in [0.2, 0.25) is 0 Å². The summed E-state index contributed by atoms with van der Waals surface area (Å²) in [4.78, 5) is 4.11. The average molecular weight is 305 g/mol. The molecule has 0 aliphatic heterocycles. The highest BCUT2D eigenvalue weighted by Gasteiger charge is 2.31. The van der Waals surface area contributed by atoms with E-state index in [1.54, 1.807) is 13.0 Å². The SMILES string of the molecule is CCc1c(C)nc(N)c(C#N)c1-c1cccc(C(F)(F)F)c1. The molecule has 1 aromatic carbocycles. The lowest BCUT2D eigenvalue weighted by atomic mass is 9.92. The van der Waals surface area contributed by atoms with Crippen LogP contribution in [0.4, 0.5) is 19.0 Å². The molecule has 0 bridgehead atoms. The molecular weight excluding hydrogens is 291 g/mol. The fourth-order valence-corrected chi connectivity index (χ4v) is 2.48. The molecule has 0 atom stereocenters. The number of hydrogen-bond acceptors (Lipinski definition) is 3. The summed E-state index contributed by atoms with van der Waals surface area (Å²) in [7, 11) is 0. The highest BCUT2D eigenvalue weighted by atomic mass is 19.4. The van der Waals surface area contributed by atoms with Gasteiger partial charge in [-0.1, -0.05) is 19.1 Å². The first-order valence-electron chi connectivity index (χ1n) is 6.66. The van der Waals surface area contributed by atoms with E-state index in [9.17, 15) is 18.4 Å². The van der Waals surface area contributed by atoms with Crippen molar-refractivity contribution < 1.29 is 13.2 Å². The van der Waals surface area contributed by atoms with E-state index in [1.165, 1.54) is 6.07 Å².